The fourth-order valence-electron chi connectivity index (χ4n) is 6.06. The van der Waals surface area contributed by atoms with E-state index in [1.807, 2.05) is 30.3 Å². The third kappa shape index (κ3) is 3.11. The molecule has 1 heterocycles. The van der Waals surface area contributed by atoms with Crippen molar-refractivity contribution in [1.29, 1.82) is 0 Å². The third-order valence-corrected chi connectivity index (χ3v) is 6.92. The Hall–Kier alpha value is -2.63. The second-order valence-corrected chi connectivity index (χ2v) is 8.84. The maximum absolute atomic E-state index is 12.4. The predicted octanol–water partition coefficient (Wildman–Crippen LogP) is 3.65. The molecule has 4 saturated carbocycles. The first-order chi connectivity index (χ1) is 13.6. The van der Waals surface area contributed by atoms with Crippen LogP contribution >= 0.6 is 0 Å². The highest BCUT2D eigenvalue weighted by Gasteiger charge is 2.52. The number of aromatic nitrogens is 2. The van der Waals surface area contributed by atoms with Gasteiger partial charge in [0.1, 0.15) is 5.75 Å². The van der Waals surface area contributed by atoms with E-state index < -0.39 is 0 Å². The molecular formula is C22H26N4O2. The van der Waals surface area contributed by atoms with Crippen molar-refractivity contribution in [3.8, 4) is 5.75 Å². The molecule has 0 atom stereocenters. The molecule has 6 heteroatoms. The topological polar surface area (TPSA) is 79.4 Å². The van der Waals surface area contributed by atoms with E-state index in [0.29, 0.717) is 5.69 Å². The van der Waals surface area contributed by atoms with Gasteiger partial charge >= 0.3 is 0 Å². The Morgan fingerprint density at radius 3 is 2.43 bits per heavy atom. The number of H-pyrrole nitrogens is 1. The molecular weight excluding hydrogens is 352 g/mol. The normalized spacial score (nSPS) is 30.7. The van der Waals surface area contributed by atoms with Gasteiger partial charge in [0.25, 0.3) is 5.91 Å². The van der Waals surface area contributed by atoms with E-state index in [4.69, 9.17) is 4.74 Å². The minimum Gasteiger partial charge on any atom is -0.497 e. The summed E-state index contributed by atoms with van der Waals surface area (Å²) in [6.45, 7) is 0. The molecule has 2 aromatic rings. The highest BCUT2D eigenvalue weighted by atomic mass is 16.5. The SMILES string of the molecule is COc1ccc(/C=N/NC(=O)c2cc(C34CC5CC(CC(C5)C3)C4)[nH]n2)cc1. The number of amides is 1. The maximum atomic E-state index is 12.4. The van der Waals surface area contributed by atoms with E-state index >= 15 is 0 Å². The quantitative estimate of drug-likeness (QED) is 0.616. The first-order valence-corrected chi connectivity index (χ1v) is 10.2. The maximum Gasteiger partial charge on any atom is 0.291 e. The summed E-state index contributed by atoms with van der Waals surface area (Å²) in [5, 5.41) is 11.5. The Bertz CT molecular complexity index is 864. The van der Waals surface area contributed by atoms with Crippen molar-refractivity contribution < 1.29 is 9.53 Å². The van der Waals surface area contributed by atoms with Gasteiger partial charge in [-0.1, -0.05) is 0 Å². The number of rotatable bonds is 5. The van der Waals surface area contributed by atoms with E-state index in [9.17, 15) is 4.79 Å². The van der Waals surface area contributed by atoms with Gasteiger partial charge in [0.15, 0.2) is 5.69 Å². The highest BCUT2D eigenvalue weighted by Crippen LogP contribution is 2.60. The molecule has 0 aliphatic heterocycles. The monoisotopic (exact) mass is 378 g/mol. The van der Waals surface area contributed by atoms with Gasteiger partial charge in [0.05, 0.1) is 13.3 Å². The number of carbonyl (C=O) groups is 1. The summed E-state index contributed by atoms with van der Waals surface area (Å²) < 4.78 is 5.13. The number of hydrazone groups is 1. The van der Waals surface area contributed by atoms with Gasteiger partial charge in [-0.3, -0.25) is 9.89 Å². The Morgan fingerprint density at radius 2 is 1.82 bits per heavy atom. The van der Waals surface area contributed by atoms with Gasteiger partial charge in [-0.2, -0.15) is 10.2 Å². The molecule has 0 radical (unpaired) electrons. The molecule has 1 aromatic carbocycles. The molecule has 28 heavy (non-hydrogen) atoms. The van der Waals surface area contributed by atoms with Crippen molar-refractivity contribution in [3.05, 3.63) is 47.3 Å². The van der Waals surface area contributed by atoms with Gasteiger partial charge < -0.3 is 4.74 Å². The first-order valence-electron chi connectivity index (χ1n) is 10.2. The zero-order chi connectivity index (χ0) is 19.1. The number of benzene rings is 1. The molecule has 2 N–H and O–H groups in total. The average molecular weight is 378 g/mol. The summed E-state index contributed by atoms with van der Waals surface area (Å²) in [4.78, 5) is 12.4. The minimum absolute atomic E-state index is 0.215. The van der Waals surface area contributed by atoms with E-state index in [2.05, 4.69) is 20.7 Å². The van der Waals surface area contributed by atoms with Crippen molar-refractivity contribution in [2.45, 2.75) is 43.9 Å². The minimum atomic E-state index is -0.281. The molecule has 1 aromatic heterocycles. The van der Waals surface area contributed by atoms with Crippen LogP contribution in [-0.4, -0.2) is 29.4 Å². The smallest absolute Gasteiger partial charge is 0.291 e. The van der Waals surface area contributed by atoms with Crippen molar-refractivity contribution >= 4 is 12.1 Å². The molecule has 4 fully saturated rings. The van der Waals surface area contributed by atoms with Gasteiger partial charge in [0.2, 0.25) is 0 Å². The molecule has 4 aliphatic carbocycles. The number of hydrogen-bond acceptors (Lipinski definition) is 4. The lowest BCUT2D eigenvalue weighted by Gasteiger charge is -2.56. The van der Waals surface area contributed by atoms with E-state index in [1.165, 1.54) is 38.5 Å². The van der Waals surface area contributed by atoms with Crippen LogP contribution in [0.4, 0.5) is 0 Å². The fraction of sp³-hybridized carbons (Fsp3) is 0.500. The number of ether oxygens (including phenoxy) is 1. The fourth-order valence-corrected chi connectivity index (χ4v) is 6.06. The zero-order valence-electron chi connectivity index (χ0n) is 16.1. The third-order valence-electron chi connectivity index (χ3n) is 6.92. The Morgan fingerprint density at radius 1 is 1.18 bits per heavy atom. The summed E-state index contributed by atoms with van der Waals surface area (Å²) in [6, 6.07) is 9.43. The van der Waals surface area contributed by atoms with Gasteiger partial charge in [-0.25, -0.2) is 5.43 Å². The summed E-state index contributed by atoms with van der Waals surface area (Å²) in [5.74, 6) is 3.09. The number of aromatic amines is 1. The molecule has 4 bridgehead atoms. The van der Waals surface area contributed by atoms with Crippen molar-refractivity contribution in [3.63, 3.8) is 0 Å². The lowest BCUT2D eigenvalue weighted by atomic mass is 9.49. The Balaban J connectivity index is 1.26. The Kier molecular flexibility index (Phi) is 4.22. The largest absolute Gasteiger partial charge is 0.497 e. The molecule has 0 saturated heterocycles. The van der Waals surface area contributed by atoms with Crippen LogP contribution in [0.3, 0.4) is 0 Å². The number of hydrogen-bond donors (Lipinski definition) is 2. The first kappa shape index (κ1) is 17.5. The number of nitrogens with one attached hydrogen (secondary N) is 2. The predicted molar refractivity (Wildman–Crippen MR) is 106 cm³/mol. The van der Waals surface area contributed by atoms with E-state index in [-0.39, 0.29) is 11.3 Å². The van der Waals surface area contributed by atoms with Crippen LogP contribution in [0, 0.1) is 17.8 Å². The van der Waals surface area contributed by atoms with Crippen molar-refractivity contribution in [2.75, 3.05) is 7.11 Å². The summed E-state index contributed by atoms with van der Waals surface area (Å²) in [5.41, 5.74) is 5.24. The molecule has 1 amide bonds. The molecule has 0 unspecified atom stereocenters. The molecule has 6 rings (SSSR count). The number of carbonyl (C=O) groups excluding carboxylic acids is 1. The van der Waals surface area contributed by atoms with Crippen LogP contribution in [0.25, 0.3) is 0 Å². The lowest BCUT2D eigenvalue weighted by molar-refractivity contribution is -0.00721. The van der Waals surface area contributed by atoms with Gasteiger partial charge in [-0.15, -0.1) is 0 Å². The summed E-state index contributed by atoms with van der Waals surface area (Å²) in [7, 11) is 1.63. The highest BCUT2D eigenvalue weighted by molar-refractivity contribution is 5.93. The van der Waals surface area contributed by atoms with Gasteiger partial charge in [-0.05, 0) is 92.2 Å². The van der Waals surface area contributed by atoms with E-state index in [0.717, 1.165) is 34.8 Å². The van der Waals surface area contributed by atoms with Crippen LogP contribution in [0.5, 0.6) is 5.75 Å². The van der Waals surface area contributed by atoms with Crippen molar-refractivity contribution in [2.24, 2.45) is 22.9 Å². The summed E-state index contributed by atoms with van der Waals surface area (Å²) >= 11 is 0. The van der Waals surface area contributed by atoms with Crippen LogP contribution in [0.1, 0.15) is 60.3 Å². The lowest BCUT2D eigenvalue weighted by Crippen LogP contribution is -2.48. The van der Waals surface area contributed by atoms with Crippen LogP contribution in [0.2, 0.25) is 0 Å². The van der Waals surface area contributed by atoms with Crippen LogP contribution < -0.4 is 10.2 Å². The Labute approximate surface area is 164 Å². The van der Waals surface area contributed by atoms with Crippen LogP contribution in [0.15, 0.2) is 35.4 Å². The summed E-state index contributed by atoms with van der Waals surface area (Å²) in [6.07, 6.45) is 9.57. The van der Waals surface area contributed by atoms with Crippen LogP contribution in [-0.2, 0) is 5.41 Å². The standard InChI is InChI=1S/C22H26N4O2/c1-28-18-4-2-14(3-5-18)13-23-26-21(27)19-9-20(25-24-19)22-10-15-6-16(11-22)8-17(7-15)12-22/h2-5,9,13,15-17H,6-8,10-12H2,1H3,(H,24,25)(H,26,27)/b23-13+. The number of methoxy groups -OCH3 is 1. The van der Waals surface area contributed by atoms with Crippen molar-refractivity contribution in [1.82, 2.24) is 15.6 Å². The number of nitrogens with zero attached hydrogens (tertiary/aromatic N) is 2. The van der Waals surface area contributed by atoms with E-state index in [1.54, 1.807) is 13.3 Å². The molecule has 146 valence electrons. The molecule has 4 aliphatic rings. The van der Waals surface area contributed by atoms with Gasteiger partial charge in [0, 0.05) is 11.1 Å². The second-order valence-electron chi connectivity index (χ2n) is 8.84. The molecule has 6 nitrogen and oxygen atoms in total. The zero-order valence-corrected chi connectivity index (χ0v) is 16.1. The second kappa shape index (κ2) is 6.76. The molecule has 0 spiro atoms. The average Bonchev–Trinajstić information content (AvgIpc) is 3.19.